The van der Waals surface area contributed by atoms with Crippen LogP contribution < -0.4 is 5.73 Å². The van der Waals surface area contributed by atoms with Crippen molar-refractivity contribution in [1.29, 1.82) is 0 Å². The van der Waals surface area contributed by atoms with Crippen LogP contribution in [0.3, 0.4) is 0 Å². The van der Waals surface area contributed by atoms with Crippen LogP contribution in [-0.2, 0) is 19.9 Å². The zero-order valence-electron chi connectivity index (χ0n) is 13.6. The largest absolute Gasteiger partial charge is 0.436 e. The van der Waals surface area contributed by atoms with Gasteiger partial charge in [-0.3, -0.25) is 9.78 Å². The fourth-order valence-corrected chi connectivity index (χ4v) is 3.54. The molecule has 2 aliphatic carbocycles. The van der Waals surface area contributed by atoms with Gasteiger partial charge in [-0.15, -0.1) is 0 Å². The monoisotopic (exact) mass is 404 g/mol. The van der Waals surface area contributed by atoms with Crippen molar-refractivity contribution >= 4 is 29.1 Å². The second-order valence-electron chi connectivity index (χ2n) is 6.20. The van der Waals surface area contributed by atoms with Crippen LogP contribution in [-0.4, -0.2) is 24.1 Å². The molecule has 0 saturated heterocycles. The van der Waals surface area contributed by atoms with Crippen molar-refractivity contribution in [3.8, 4) is 0 Å². The van der Waals surface area contributed by atoms with Gasteiger partial charge in [0.25, 0.3) is 0 Å². The quantitative estimate of drug-likeness (QED) is 0.746. The van der Waals surface area contributed by atoms with Gasteiger partial charge in [0.05, 0.1) is 16.7 Å². The van der Waals surface area contributed by atoms with Gasteiger partial charge in [-0.25, -0.2) is 0 Å². The summed E-state index contributed by atoms with van der Waals surface area (Å²) in [6.07, 6.45) is 7.05. The average molecular weight is 405 g/mol. The van der Waals surface area contributed by atoms with Crippen LogP contribution in [0.15, 0.2) is 35.9 Å². The van der Waals surface area contributed by atoms with Crippen molar-refractivity contribution in [2.24, 2.45) is 11.7 Å². The number of alkyl halides is 2. The van der Waals surface area contributed by atoms with E-state index < -0.39 is 18.1 Å². The number of ether oxygens (including phenoxy) is 2. The fraction of sp³-hybridized carbons (Fsp3) is 0.412. The number of amides is 1. The third kappa shape index (κ3) is 3.84. The summed E-state index contributed by atoms with van der Waals surface area (Å²) in [6, 6.07) is 0. The maximum atomic E-state index is 13.0. The highest BCUT2D eigenvalue weighted by Gasteiger charge is 2.47. The number of aromatic nitrogens is 1. The molecule has 9 heteroatoms. The van der Waals surface area contributed by atoms with E-state index in [1.165, 1.54) is 24.5 Å². The molecule has 0 bridgehead atoms. The number of nitrogens with two attached hydrogens (primary N) is 1. The molecule has 0 spiro atoms. The minimum absolute atomic E-state index is 0.114. The number of carbonyl (C=O) groups excluding carboxylic acids is 1. The first-order valence-electron chi connectivity index (χ1n) is 7.93. The highest BCUT2D eigenvalue weighted by atomic mass is 35.5. The Morgan fingerprint density at radius 1 is 1.31 bits per heavy atom. The summed E-state index contributed by atoms with van der Waals surface area (Å²) in [5.74, 6) is -0.576. The predicted octanol–water partition coefficient (Wildman–Crippen LogP) is 3.95. The van der Waals surface area contributed by atoms with E-state index in [9.17, 15) is 13.6 Å². The van der Waals surface area contributed by atoms with Crippen LogP contribution in [0.1, 0.15) is 24.8 Å². The molecule has 5 nitrogen and oxygen atoms in total. The lowest BCUT2D eigenvalue weighted by molar-refractivity contribution is -0.148. The summed E-state index contributed by atoms with van der Waals surface area (Å²) in [4.78, 5) is 15.6. The molecule has 0 aromatic carbocycles. The third-order valence-corrected chi connectivity index (χ3v) is 4.90. The van der Waals surface area contributed by atoms with Gasteiger partial charge in [0.2, 0.25) is 5.91 Å². The van der Waals surface area contributed by atoms with Gasteiger partial charge in [-0.2, -0.15) is 8.78 Å². The van der Waals surface area contributed by atoms with Crippen LogP contribution >= 0.6 is 23.2 Å². The van der Waals surface area contributed by atoms with Gasteiger partial charge in [0, 0.05) is 30.0 Å². The fourth-order valence-electron chi connectivity index (χ4n) is 2.87. The van der Waals surface area contributed by atoms with Crippen LogP contribution in [0.5, 0.6) is 0 Å². The number of allylic oxidation sites excluding steroid dienone is 2. The molecule has 1 saturated carbocycles. The Balaban J connectivity index is 2.14. The number of hydrogen-bond acceptors (Lipinski definition) is 4. The lowest BCUT2D eigenvalue weighted by atomic mass is 9.81. The number of pyridine rings is 1. The minimum atomic E-state index is -3.09. The summed E-state index contributed by atoms with van der Waals surface area (Å²) in [5.41, 5.74) is 4.21. The molecule has 1 amide bonds. The van der Waals surface area contributed by atoms with E-state index in [0.717, 1.165) is 12.8 Å². The van der Waals surface area contributed by atoms with Crippen molar-refractivity contribution in [2.45, 2.75) is 31.5 Å². The highest BCUT2D eigenvalue weighted by molar-refractivity contribution is 6.36. The Kier molecular flexibility index (Phi) is 5.50. The molecule has 0 aliphatic heterocycles. The molecule has 1 fully saturated rings. The van der Waals surface area contributed by atoms with Gasteiger partial charge in [-0.05, 0) is 30.9 Å². The van der Waals surface area contributed by atoms with Gasteiger partial charge < -0.3 is 15.2 Å². The Hall–Kier alpha value is -1.70. The zero-order chi connectivity index (χ0) is 18.9. The van der Waals surface area contributed by atoms with E-state index in [1.54, 1.807) is 0 Å². The number of primary amides is 1. The maximum Gasteiger partial charge on any atom is 0.387 e. The molecular formula is C17H16Cl2F2N2O3. The van der Waals surface area contributed by atoms with Crippen LogP contribution in [0, 0.1) is 5.92 Å². The van der Waals surface area contributed by atoms with Crippen LogP contribution in [0.2, 0.25) is 10.0 Å². The predicted molar refractivity (Wildman–Crippen MR) is 91.7 cm³/mol. The van der Waals surface area contributed by atoms with E-state index in [2.05, 4.69) is 4.98 Å². The molecule has 140 valence electrons. The summed E-state index contributed by atoms with van der Waals surface area (Å²) >= 11 is 12.6. The molecular weight excluding hydrogens is 389 g/mol. The van der Waals surface area contributed by atoms with E-state index in [1.807, 2.05) is 0 Å². The third-order valence-electron chi connectivity index (χ3n) is 4.33. The molecule has 0 radical (unpaired) electrons. The molecule has 3 rings (SSSR count). The number of nitrogens with zero attached hydrogens (tertiary/aromatic N) is 1. The van der Waals surface area contributed by atoms with Gasteiger partial charge >= 0.3 is 6.61 Å². The first kappa shape index (κ1) is 19.1. The normalized spacial score (nSPS) is 22.8. The summed E-state index contributed by atoms with van der Waals surface area (Å²) in [7, 11) is 0. The van der Waals surface area contributed by atoms with Gasteiger partial charge in [0.15, 0.2) is 5.60 Å². The van der Waals surface area contributed by atoms with Gasteiger partial charge in [-0.1, -0.05) is 23.2 Å². The lowest BCUT2D eigenvalue weighted by Crippen LogP contribution is -2.39. The molecule has 2 aliphatic rings. The molecule has 1 heterocycles. The van der Waals surface area contributed by atoms with E-state index >= 15 is 0 Å². The van der Waals surface area contributed by atoms with Crippen molar-refractivity contribution in [3.63, 3.8) is 0 Å². The SMILES string of the molecule is NC(=O)C1=CC=C(OC(F)F)C(OCC2CC2)(c2c(Cl)cncc2Cl)C1. The Morgan fingerprint density at radius 3 is 2.50 bits per heavy atom. The van der Waals surface area contributed by atoms with Crippen molar-refractivity contribution < 1.29 is 23.0 Å². The Labute approximate surface area is 158 Å². The highest BCUT2D eigenvalue weighted by Crippen LogP contribution is 2.49. The summed E-state index contributed by atoms with van der Waals surface area (Å²) in [5, 5.41) is 0.227. The number of rotatable bonds is 7. The number of halogens is 4. The van der Waals surface area contributed by atoms with Crippen LogP contribution in [0.25, 0.3) is 0 Å². The second-order valence-corrected chi connectivity index (χ2v) is 7.02. The number of hydrogen-bond donors (Lipinski definition) is 1. The first-order valence-corrected chi connectivity index (χ1v) is 8.68. The van der Waals surface area contributed by atoms with Gasteiger partial charge in [0.1, 0.15) is 5.76 Å². The molecule has 2 N–H and O–H groups in total. The standard InChI is InChI=1S/C17H16Cl2F2N2O3/c18-11-6-23-7-12(19)14(11)17(25-8-9-1-2-9)5-10(15(22)24)3-4-13(17)26-16(20)21/h3-4,6-7,9,16H,1-2,5,8H2,(H2,22,24). The Bertz CT molecular complexity index is 761. The minimum Gasteiger partial charge on any atom is -0.436 e. The molecule has 1 aromatic heterocycles. The van der Waals surface area contributed by atoms with E-state index in [0.29, 0.717) is 5.92 Å². The Morgan fingerprint density at radius 2 is 1.96 bits per heavy atom. The molecule has 1 aromatic rings. The average Bonchev–Trinajstić information content (AvgIpc) is 3.38. The topological polar surface area (TPSA) is 74.4 Å². The molecule has 26 heavy (non-hydrogen) atoms. The summed E-state index contributed by atoms with van der Waals surface area (Å²) in [6.45, 7) is -2.81. The summed E-state index contributed by atoms with van der Waals surface area (Å²) < 4.78 is 36.9. The smallest absolute Gasteiger partial charge is 0.387 e. The zero-order valence-corrected chi connectivity index (χ0v) is 15.1. The maximum absolute atomic E-state index is 13.0. The molecule has 1 unspecified atom stereocenters. The van der Waals surface area contributed by atoms with Crippen molar-refractivity contribution in [2.75, 3.05) is 6.61 Å². The lowest BCUT2D eigenvalue weighted by Gasteiger charge is -2.39. The second kappa shape index (κ2) is 7.50. The van der Waals surface area contributed by atoms with E-state index in [4.69, 9.17) is 38.4 Å². The number of carbonyl (C=O) groups is 1. The van der Waals surface area contributed by atoms with E-state index in [-0.39, 0.29) is 40.0 Å². The van der Waals surface area contributed by atoms with Crippen LogP contribution in [0.4, 0.5) is 8.78 Å². The van der Waals surface area contributed by atoms with Crippen molar-refractivity contribution in [1.82, 2.24) is 4.98 Å². The van der Waals surface area contributed by atoms with Crippen molar-refractivity contribution in [3.05, 3.63) is 51.5 Å². The first-order chi connectivity index (χ1) is 12.3. The molecule has 1 atom stereocenters.